The van der Waals surface area contributed by atoms with Crippen LogP contribution >= 0.6 is 11.6 Å². The van der Waals surface area contributed by atoms with E-state index in [-0.39, 0.29) is 23.8 Å². The maximum absolute atomic E-state index is 14.1. The molecule has 2 aliphatic heterocycles. The second-order valence-electron chi connectivity index (χ2n) is 11.5. The van der Waals surface area contributed by atoms with Crippen molar-refractivity contribution in [2.75, 3.05) is 44.2 Å². The number of piperazine rings is 1. The molecule has 200 valence electrons. The highest BCUT2D eigenvalue weighted by Crippen LogP contribution is 2.43. The zero-order valence-corrected chi connectivity index (χ0v) is 22.7. The van der Waals surface area contributed by atoms with Crippen LogP contribution in [0, 0.1) is 0 Å². The lowest BCUT2D eigenvalue weighted by atomic mass is 9.87. The smallest absolute Gasteiger partial charge is 0.231 e. The number of carbonyl (C=O) groups is 1. The molecule has 4 atom stereocenters. The monoisotopic (exact) mass is 527 g/mol. The first-order valence-corrected chi connectivity index (χ1v) is 13.8. The van der Waals surface area contributed by atoms with E-state index in [0.717, 1.165) is 42.0 Å². The Morgan fingerprint density at radius 1 is 1.14 bits per heavy atom. The number of carbonyl (C=O) groups excluding carboxylic acids is 1. The number of aliphatic hydroxyl groups excluding tert-OH is 1. The Morgan fingerprint density at radius 2 is 1.84 bits per heavy atom. The molecular formula is C28H38ClN5O3. The van der Waals surface area contributed by atoms with Crippen molar-refractivity contribution in [1.82, 2.24) is 19.8 Å². The molecule has 1 aromatic carbocycles. The number of hydrogen-bond donors (Lipinski definition) is 2. The van der Waals surface area contributed by atoms with E-state index in [9.17, 15) is 15.0 Å². The predicted octanol–water partition coefficient (Wildman–Crippen LogP) is 3.34. The molecule has 1 aliphatic carbocycles. The first-order chi connectivity index (χ1) is 17.6. The molecule has 9 heteroatoms. The van der Waals surface area contributed by atoms with Crippen LogP contribution in [0.25, 0.3) is 0 Å². The maximum Gasteiger partial charge on any atom is 0.231 e. The van der Waals surface area contributed by atoms with Gasteiger partial charge in [0.25, 0.3) is 0 Å². The van der Waals surface area contributed by atoms with Crippen molar-refractivity contribution in [1.29, 1.82) is 0 Å². The summed E-state index contributed by atoms with van der Waals surface area (Å²) in [6, 6.07) is 7.69. The SMILES string of the molecule is C[C@@H]1C[C@@H](O)c2ncnc(N3CCN(C(=O)[C@@H](c4ccc(Cl)cc4)[C@@H]4CCCN4CC(C)(C)O)CC3)c21. The van der Waals surface area contributed by atoms with Crippen LogP contribution in [0.2, 0.25) is 5.02 Å². The van der Waals surface area contributed by atoms with Gasteiger partial charge in [-0.05, 0) is 63.3 Å². The minimum absolute atomic E-state index is 0.0330. The average molecular weight is 528 g/mol. The number of rotatable bonds is 6. The average Bonchev–Trinajstić information content (AvgIpc) is 3.42. The molecule has 37 heavy (non-hydrogen) atoms. The fourth-order valence-corrected chi connectivity index (χ4v) is 6.54. The molecule has 0 bridgehead atoms. The lowest BCUT2D eigenvalue weighted by Crippen LogP contribution is -2.53. The van der Waals surface area contributed by atoms with Crippen molar-refractivity contribution in [2.24, 2.45) is 0 Å². The summed E-state index contributed by atoms with van der Waals surface area (Å²) in [6.07, 6.45) is 3.61. The topological polar surface area (TPSA) is 93.0 Å². The van der Waals surface area contributed by atoms with Gasteiger partial charge < -0.3 is 20.0 Å². The Bertz CT molecular complexity index is 1110. The molecule has 5 rings (SSSR count). The molecule has 8 nitrogen and oxygen atoms in total. The van der Waals surface area contributed by atoms with Gasteiger partial charge in [-0.25, -0.2) is 9.97 Å². The van der Waals surface area contributed by atoms with Crippen molar-refractivity contribution in [3.63, 3.8) is 0 Å². The molecule has 0 saturated carbocycles. The van der Waals surface area contributed by atoms with Crippen LogP contribution in [0.5, 0.6) is 0 Å². The number of likely N-dealkylation sites (tertiary alicyclic amines) is 1. The van der Waals surface area contributed by atoms with Gasteiger partial charge in [-0.15, -0.1) is 0 Å². The van der Waals surface area contributed by atoms with Crippen LogP contribution < -0.4 is 4.90 Å². The Balaban J connectivity index is 1.35. The van der Waals surface area contributed by atoms with E-state index in [1.807, 2.05) is 43.0 Å². The lowest BCUT2D eigenvalue weighted by Gasteiger charge is -2.40. The van der Waals surface area contributed by atoms with Crippen LogP contribution in [0.3, 0.4) is 0 Å². The van der Waals surface area contributed by atoms with E-state index in [1.54, 1.807) is 6.33 Å². The van der Waals surface area contributed by atoms with E-state index in [4.69, 9.17) is 11.6 Å². The third-order valence-electron chi connectivity index (χ3n) is 8.05. The van der Waals surface area contributed by atoms with Gasteiger partial charge in [-0.3, -0.25) is 9.69 Å². The van der Waals surface area contributed by atoms with E-state index in [2.05, 4.69) is 26.7 Å². The van der Waals surface area contributed by atoms with Gasteiger partial charge >= 0.3 is 0 Å². The number of aromatic nitrogens is 2. The minimum Gasteiger partial charge on any atom is -0.389 e. The summed E-state index contributed by atoms with van der Waals surface area (Å²) in [4.78, 5) is 29.6. The van der Waals surface area contributed by atoms with Gasteiger partial charge in [-0.1, -0.05) is 30.7 Å². The third-order valence-corrected chi connectivity index (χ3v) is 8.31. The second-order valence-corrected chi connectivity index (χ2v) is 11.9. The summed E-state index contributed by atoms with van der Waals surface area (Å²) >= 11 is 6.18. The minimum atomic E-state index is -0.829. The van der Waals surface area contributed by atoms with Gasteiger partial charge in [0.1, 0.15) is 12.1 Å². The van der Waals surface area contributed by atoms with Crippen LogP contribution in [0.4, 0.5) is 5.82 Å². The second kappa shape index (κ2) is 10.5. The van der Waals surface area contributed by atoms with Gasteiger partial charge in [0.15, 0.2) is 0 Å². The summed E-state index contributed by atoms with van der Waals surface area (Å²) in [6.45, 7) is 9.75. The maximum atomic E-state index is 14.1. The summed E-state index contributed by atoms with van der Waals surface area (Å²) in [5.74, 6) is 0.917. The number of halogens is 1. The number of fused-ring (bicyclic) bond motifs is 1. The van der Waals surface area contributed by atoms with E-state index >= 15 is 0 Å². The number of aliphatic hydroxyl groups is 2. The van der Waals surface area contributed by atoms with Crippen LogP contribution in [0.15, 0.2) is 30.6 Å². The molecule has 2 aromatic rings. The number of amides is 1. The molecule has 3 aliphatic rings. The van der Waals surface area contributed by atoms with Crippen LogP contribution in [0.1, 0.15) is 74.8 Å². The fraction of sp³-hybridized carbons (Fsp3) is 0.607. The van der Waals surface area contributed by atoms with Crippen molar-refractivity contribution in [3.05, 3.63) is 52.4 Å². The highest BCUT2D eigenvalue weighted by Gasteiger charge is 2.41. The molecule has 1 amide bonds. The first-order valence-electron chi connectivity index (χ1n) is 13.4. The van der Waals surface area contributed by atoms with Gasteiger partial charge in [0.2, 0.25) is 5.91 Å². The van der Waals surface area contributed by atoms with Crippen LogP contribution in [-0.2, 0) is 4.79 Å². The van der Waals surface area contributed by atoms with Crippen LogP contribution in [-0.4, -0.2) is 86.8 Å². The summed E-state index contributed by atoms with van der Waals surface area (Å²) < 4.78 is 0. The normalized spacial score (nSPS) is 25.4. The number of anilines is 1. The quantitative estimate of drug-likeness (QED) is 0.595. The molecule has 2 saturated heterocycles. The molecule has 0 radical (unpaired) electrons. The third kappa shape index (κ3) is 5.48. The highest BCUT2D eigenvalue weighted by molar-refractivity contribution is 6.30. The summed E-state index contributed by atoms with van der Waals surface area (Å²) in [7, 11) is 0. The Hall–Kier alpha value is -2.26. The zero-order valence-electron chi connectivity index (χ0n) is 22.0. The molecule has 2 N–H and O–H groups in total. The number of benzene rings is 1. The van der Waals surface area contributed by atoms with E-state index in [0.29, 0.717) is 44.2 Å². The lowest BCUT2D eigenvalue weighted by molar-refractivity contribution is -0.135. The number of hydrogen-bond acceptors (Lipinski definition) is 7. The van der Waals surface area contributed by atoms with Crippen molar-refractivity contribution < 1.29 is 15.0 Å². The summed E-state index contributed by atoms with van der Waals surface area (Å²) in [5, 5.41) is 21.6. The van der Waals surface area contributed by atoms with Crippen molar-refractivity contribution >= 4 is 23.3 Å². The first kappa shape index (κ1) is 26.4. The fourth-order valence-electron chi connectivity index (χ4n) is 6.41. The summed E-state index contributed by atoms with van der Waals surface area (Å²) in [5.41, 5.74) is 1.93. The molecule has 0 spiro atoms. The molecule has 1 aromatic heterocycles. The van der Waals surface area contributed by atoms with Gasteiger partial charge in [0, 0.05) is 49.4 Å². The van der Waals surface area contributed by atoms with Gasteiger partial charge in [0.05, 0.1) is 23.3 Å². The zero-order chi connectivity index (χ0) is 26.3. The number of β-amino-alcohol motifs (C(OH)–C–C–N with tert-alkyl or cyclic N) is 1. The van der Waals surface area contributed by atoms with Crippen molar-refractivity contribution in [3.8, 4) is 0 Å². The molecule has 3 heterocycles. The molecule has 2 fully saturated rings. The molecular weight excluding hydrogens is 490 g/mol. The predicted molar refractivity (Wildman–Crippen MR) is 144 cm³/mol. The highest BCUT2D eigenvalue weighted by atomic mass is 35.5. The van der Waals surface area contributed by atoms with Crippen molar-refractivity contribution in [2.45, 2.75) is 69.6 Å². The van der Waals surface area contributed by atoms with E-state index < -0.39 is 11.7 Å². The van der Waals surface area contributed by atoms with Gasteiger partial charge in [-0.2, -0.15) is 0 Å². The Labute approximate surface area is 224 Å². The molecule has 0 unspecified atom stereocenters. The Kier molecular flexibility index (Phi) is 7.47. The number of nitrogens with zero attached hydrogens (tertiary/aromatic N) is 5. The van der Waals surface area contributed by atoms with E-state index in [1.165, 1.54) is 0 Å². The standard InChI is InChI=1S/C28H38ClN5O3/c1-18-15-22(35)25-23(18)26(31-17-30-25)32-11-13-33(14-12-32)27(36)24(19-6-8-20(29)9-7-19)21-5-4-10-34(21)16-28(2,3)37/h6-9,17-18,21-22,24,35,37H,4-5,10-16H2,1-3H3/t18-,21+,22-,24+/m1/s1. The Morgan fingerprint density at radius 3 is 2.51 bits per heavy atom. The largest absolute Gasteiger partial charge is 0.389 e.